The Kier molecular flexibility index (Phi) is 7.43. The summed E-state index contributed by atoms with van der Waals surface area (Å²) in [6.07, 6.45) is 3.18. The molecule has 0 aliphatic heterocycles. The van der Waals surface area contributed by atoms with Crippen molar-refractivity contribution in [2.24, 2.45) is 0 Å². The van der Waals surface area contributed by atoms with Crippen LogP contribution in [0.5, 0.6) is 0 Å². The predicted molar refractivity (Wildman–Crippen MR) is 69.9 cm³/mol. The van der Waals surface area contributed by atoms with Gasteiger partial charge in [-0.2, -0.15) is 0 Å². The van der Waals surface area contributed by atoms with Crippen molar-refractivity contribution in [2.45, 2.75) is 34.1 Å². The minimum Gasteiger partial charge on any atom is -0.388 e. The molecule has 15 heavy (non-hydrogen) atoms. The molecule has 0 saturated heterocycles. The molecule has 0 atom stereocenters. The van der Waals surface area contributed by atoms with Crippen LogP contribution in [0.4, 0.5) is 0 Å². The van der Waals surface area contributed by atoms with E-state index in [-0.39, 0.29) is 0 Å². The van der Waals surface area contributed by atoms with Crippen LogP contribution >= 0.6 is 0 Å². The van der Waals surface area contributed by atoms with Crippen LogP contribution in [-0.4, -0.2) is 7.05 Å². The number of nitrogens with one attached hydrogen (secondary N) is 1. The Balaban J connectivity index is 0.000000921. The Morgan fingerprint density at radius 1 is 1.33 bits per heavy atom. The van der Waals surface area contributed by atoms with E-state index in [1.54, 1.807) is 0 Å². The van der Waals surface area contributed by atoms with Gasteiger partial charge in [0.25, 0.3) is 0 Å². The van der Waals surface area contributed by atoms with Crippen LogP contribution in [0.2, 0.25) is 0 Å². The summed E-state index contributed by atoms with van der Waals surface area (Å²) in [6, 6.07) is 8.62. The summed E-state index contributed by atoms with van der Waals surface area (Å²) >= 11 is 0. The van der Waals surface area contributed by atoms with E-state index >= 15 is 0 Å². The van der Waals surface area contributed by atoms with Gasteiger partial charge in [-0.1, -0.05) is 45.0 Å². The average molecular weight is 205 g/mol. The van der Waals surface area contributed by atoms with Gasteiger partial charge in [-0.3, -0.25) is 0 Å². The fraction of sp³-hybridized carbons (Fsp3) is 0.429. The summed E-state index contributed by atoms with van der Waals surface area (Å²) in [6.45, 7) is 8.22. The standard InChI is InChI=1S/C12H17N.C2H6/c1-4-10-7-6-8-11(9-10)12(5-2)13-3;1-2/h5-9,13H,4H2,1-3H3;1-2H3/b12-5-;. The summed E-state index contributed by atoms with van der Waals surface area (Å²) in [4.78, 5) is 0. The van der Waals surface area contributed by atoms with Crippen molar-refractivity contribution < 1.29 is 0 Å². The average Bonchev–Trinajstić information content (AvgIpc) is 2.33. The Morgan fingerprint density at radius 3 is 2.47 bits per heavy atom. The zero-order valence-corrected chi connectivity index (χ0v) is 10.6. The Bertz CT molecular complexity index is 300. The van der Waals surface area contributed by atoms with Crippen LogP contribution in [0.3, 0.4) is 0 Å². The first-order valence-electron chi connectivity index (χ1n) is 5.75. The second-order valence-electron chi connectivity index (χ2n) is 3.01. The van der Waals surface area contributed by atoms with Gasteiger partial charge in [-0.05, 0) is 30.5 Å². The van der Waals surface area contributed by atoms with E-state index in [9.17, 15) is 0 Å². The molecule has 1 nitrogen and oxygen atoms in total. The summed E-state index contributed by atoms with van der Waals surface area (Å²) in [7, 11) is 1.95. The van der Waals surface area contributed by atoms with Crippen molar-refractivity contribution in [3.05, 3.63) is 41.5 Å². The minimum absolute atomic E-state index is 1.09. The fourth-order valence-corrected chi connectivity index (χ4v) is 1.41. The third-order valence-corrected chi connectivity index (χ3v) is 2.20. The second kappa shape index (κ2) is 8.10. The molecule has 1 aromatic rings. The van der Waals surface area contributed by atoms with Gasteiger partial charge in [0.2, 0.25) is 0 Å². The van der Waals surface area contributed by atoms with Crippen LogP contribution in [-0.2, 0) is 6.42 Å². The number of hydrogen-bond donors (Lipinski definition) is 1. The summed E-state index contributed by atoms with van der Waals surface area (Å²) in [5.74, 6) is 0. The van der Waals surface area contributed by atoms with Gasteiger partial charge >= 0.3 is 0 Å². The van der Waals surface area contributed by atoms with Crippen molar-refractivity contribution in [3.63, 3.8) is 0 Å². The van der Waals surface area contributed by atoms with Crippen molar-refractivity contribution in [2.75, 3.05) is 7.05 Å². The monoisotopic (exact) mass is 205 g/mol. The van der Waals surface area contributed by atoms with Crippen molar-refractivity contribution in [3.8, 4) is 0 Å². The predicted octanol–water partition coefficient (Wildman–Crippen LogP) is 3.86. The molecular formula is C14H23N. The smallest absolute Gasteiger partial charge is 0.0367 e. The third-order valence-electron chi connectivity index (χ3n) is 2.20. The van der Waals surface area contributed by atoms with E-state index in [1.807, 2.05) is 27.8 Å². The molecule has 1 aromatic carbocycles. The summed E-state index contributed by atoms with van der Waals surface area (Å²) < 4.78 is 0. The topological polar surface area (TPSA) is 12.0 Å². The van der Waals surface area contributed by atoms with Gasteiger partial charge in [-0.25, -0.2) is 0 Å². The van der Waals surface area contributed by atoms with Gasteiger partial charge in [-0.15, -0.1) is 0 Å². The van der Waals surface area contributed by atoms with E-state index in [1.165, 1.54) is 16.8 Å². The molecular weight excluding hydrogens is 182 g/mol. The normalized spacial score (nSPS) is 10.3. The lowest BCUT2D eigenvalue weighted by Crippen LogP contribution is -2.04. The molecule has 0 fully saturated rings. The lowest BCUT2D eigenvalue weighted by atomic mass is 10.1. The zero-order valence-electron chi connectivity index (χ0n) is 10.6. The number of allylic oxidation sites excluding steroid dienone is 1. The number of benzene rings is 1. The van der Waals surface area contributed by atoms with Gasteiger partial charge in [0.05, 0.1) is 0 Å². The first-order valence-corrected chi connectivity index (χ1v) is 5.75. The molecule has 0 aliphatic carbocycles. The van der Waals surface area contributed by atoms with Crippen molar-refractivity contribution in [1.29, 1.82) is 0 Å². The first-order chi connectivity index (χ1) is 7.31. The lowest BCUT2D eigenvalue weighted by Gasteiger charge is -2.07. The Labute approximate surface area is 94.2 Å². The number of rotatable bonds is 3. The molecule has 0 aromatic heterocycles. The Hall–Kier alpha value is -1.24. The van der Waals surface area contributed by atoms with Gasteiger partial charge in [0.1, 0.15) is 0 Å². The highest BCUT2D eigenvalue weighted by atomic mass is 14.8. The van der Waals surface area contributed by atoms with Gasteiger partial charge < -0.3 is 5.32 Å². The van der Waals surface area contributed by atoms with Crippen LogP contribution in [0.25, 0.3) is 5.70 Å². The molecule has 0 saturated carbocycles. The molecule has 1 heteroatoms. The SMILES string of the molecule is C/C=C(\NC)c1cccc(CC)c1.CC. The number of aryl methyl sites for hydroxylation is 1. The maximum absolute atomic E-state index is 3.18. The molecule has 0 bridgehead atoms. The molecule has 1 rings (SSSR count). The van der Waals surface area contributed by atoms with Crippen molar-refractivity contribution >= 4 is 5.70 Å². The number of hydrogen-bond acceptors (Lipinski definition) is 1. The summed E-state index contributed by atoms with van der Waals surface area (Å²) in [5, 5.41) is 3.18. The molecule has 0 radical (unpaired) electrons. The van der Waals surface area contributed by atoms with Crippen LogP contribution < -0.4 is 5.32 Å². The maximum atomic E-state index is 3.18. The van der Waals surface area contributed by atoms with E-state index in [2.05, 4.69) is 42.6 Å². The highest BCUT2D eigenvalue weighted by molar-refractivity contribution is 5.63. The molecule has 84 valence electrons. The molecule has 0 unspecified atom stereocenters. The molecule has 0 amide bonds. The lowest BCUT2D eigenvalue weighted by molar-refractivity contribution is 1.10. The van der Waals surface area contributed by atoms with E-state index in [0.29, 0.717) is 0 Å². The second-order valence-corrected chi connectivity index (χ2v) is 3.01. The van der Waals surface area contributed by atoms with Crippen LogP contribution in [0.15, 0.2) is 30.3 Å². The van der Waals surface area contributed by atoms with E-state index in [0.717, 1.165) is 6.42 Å². The third kappa shape index (κ3) is 4.20. The highest BCUT2D eigenvalue weighted by Crippen LogP contribution is 2.13. The summed E-state index contributed by atoms with van der Waals surface area (Å²) in [5.41, 5.74) is 3.84. The molecule has 0 heterocycles. The van der Waals surface area contributed by atoms with Crippen molar-refractivity contribution in [1.82, 2.24) is 5.32 Å². The van der Waals surface area contributed by atoms with Gasteiger partial charge in [0.15, 0.2) is 0 Å². The van der Waals surface area contributed by atoms with Crippen LogP contribution in [0, 0.1) is 0 Å². The Morgan fingerprint density at radius 2 is 2.00 bits per heavy atom. The fourth-order valence-electron chi connectivity index (χ4n) is 1.41. The van der Waals surface area contributed by atoms with E-state index in [4.69, 9.17) is 0 Å². The molecule has 0 spiro atoms. The van der Waals surface area contributed by atoms with E-state index < -0.39 is 0 Å². The largest absolute Gasteiger partial charge is 0.388 e. The molecule has 1 N–H and O–H groups in total. The molecule has 0 aliphatic rings. The quantitative estimate of drug-likeness (QED) is 0.790. The van der Waals surface area contributed by atoms with Gasteiger partial charge in [0, 0.05) is 12.7 Å². The maximum Gasteiger partial charge on any atom is 0.0367 e. The minimum atomic E-state index is 1.09. The zero-order chi connectivity index (χ0) is 11.7. The highest BCUT2D eigenvalue weighted by Gasteiger charge is 1.97. The van der Waals surface area contributed by atoms with Crippen LogP contribution in [0.1, 0.15) is 38.8 Å². The first kappa shape index (κ1) is 13.8.